The fourth-order valence-corrected chi connectivity index (χ4v) is 2.33. The maximum atomic E-state index is 6.24. The number of ether oxygens (including phenoxy) is 1. The molecule has 2 unspecified atom stereocenters. The summed E-state index contributed by atoms with van der Waals surface area (Å²) in [4.78, 5) is 0. The molecule has 1 aromatic rings. The van der Waals surface area contributed by atoms with E-state index in [1.54, 1.807) is 0 Å². The molecule has 2 rings (SSSR count). The van der Waals surface area contributed by atoms with Crippen molar-refractivity contribution in [2.24, 2.45) is 5.73 Å². The Balaban J connectivity index is 2.19. The molecule has 1 heterocycles. The van der Waals surface area contributed by atoms with Crippen LogP contribution in [0.2, 0.25) is 0 Å². The van der Waals surface area contributed by atoms with E-state index >= 15 is 0 Å². The van der Waals surface area contributed by atoms with E-state index in [-0.39, 0.29) is 11.6 Å². The van der Waals surface area contributed by atoms with Crippen LogP contribution >= 0.6 is 15.9 Å². The van der Waals surface area contributed by atoms with E-state index in [1.165, 1.54) is 0 Å². The summed E-state index contributed by atoms with van der Waals surface area (Å²) in [5.41, 5.74) is 7.20. The minimum atomic E-state index is -0.187. The van der Waals surface area contributed by atoms with E-state index < -0.39 is 0 Å². The highest BCUT2D eigenvalue weighted by Gasteiger charge is 2.36. The van der Waals surface area contributed by atoms with Gasteiger partial charge in [-0.3, -0.25) is 0 Å². The summed E-state index contributed by atoms with van der Waals surface area (Å²) in [6, 6.07) is 8.12. The van der Waals surface area contributed by atoms with Crippen molar-refractivity contribution < 1.29 is 4.74 Å². The third kappa shape index (κ3) is 2.25. The van der Waals surface area contributed by atoms with Gasteiger partial charge in [-0.1, -0.05) is 28.1 Å². The number of hydrogen-bond acceptors (Lipinski definition) is 2. The number of benzene rings is 1. The second kappa shape index (κ2) is 4.24. The summed E-state index contributed by atoms with van der Waals surface area (Å²) < 4.78 is 6.83. The molecule has 2 atom stereocenters. The maximum absolute atomic E-state index is 6.24. The zero-order valence-corrected chi connectivity index (χ0v) is 10.5. The summed E-state index contributed by atoms with van der Waals surface area (Å²) in [5.74, 6) is 0. The number of hydrogen-bond donors (Lipinski definition) is 1. The molecule has 0 radical (unpaired) electrons. The lowest BCUT2D eigenvalue weighted by Gasteiger charge is -2.30. The van der Waals surface area contributed by atoms with Crippen molar-refractivity contribution in [1.29, 1.82) is 0 Å². The Hall–Kier alpha value is -0.380. The maximum Gasteiger partial charge on any atom is 0.0847 e. The average molecular weight is 270 g/mol. The number of halogens is 1. The monoisotopic (exact) mass is 269 g/mol. The Morgan fingerprint density at radius 3 is 2.60 bits per heavy atom. The van der Waals surface area contributed by atoms with Gasteiger partial charge in [-0.15, -0.1) is 0 Å². The lowest BCUT2D eigenvalue weighted by molar-refractivity contribution is -0.00173. The van der Waals surface area contributed by atoms with Crippen molar-refractivity contribution in [1.82, 2.24) is 0 Å². The van der Waals surface area contributed by atoms with Crippen LogP contribution in [0.3, 0.4) is 0 Å². The molecule has 1 aliphatic heterocycles. The predicted molar refractivity (Wildman–Crippen MR) is 64.7 cm³/mol. The Labute approximate surface area is 98.9 Å². The molecule has 1 aromatic carbocycles. The SMILES string of the molecule is CC1(C(N)c2ccc(Br)cc2)CCCO1. The molecule has 0 bridgehead atoms. The van der Waals surface area contributed by atoms with E-state index in [1.807, 2.05) is 12.1 Å². The molecule has 82 valence electrons. The van der Waals surface area contributed by atoms with Gasteiger partial charge in [-0.2, -0.15) is 0 Å². The normalized spacial score (nSPS) is 27.9. The standard InChI is InChI=1S/C12H16BrNO/c1-12(7-2-8-15-12)11(14)9-3-5-10(13)6-4-9/h3-6,11H,2,7-8,14H2,1H3. The molecule has 2 N–H and O–H groups in total. The fraction of sp³-hybridized carbons (Fsp3) is 0.500. The van der Waals surface area contributed by atoms with Crippen LogP contribution in [-0.4, -0.2) is 12.2 Å². The Morgan fingerprint density at radius 1 is 1.40 bits per heavy atom. The van der Waals surface area contributed by atoms with E-state index in [2.05, 4.69) is 35.0 Å². The van der Waals surface area contributed by atoms with Crippen LogP contribution in [0.1, 0.15) is 31.4 Å². The van der Waals surface area contributed by atoms with E-state index in [9.17, 15) is 0 Å². The third-order valence-corrected chi connectivity index (χ3v) is 3.66. The summed E-state index contributed by atoms with van der Waals surface area (Å²) in [6.07, 6.45) is 2.16. The van der Waals surface area contributed by atoms with Gasteiger partial charge in [-0.05, 0) is 37.5 Å². The molecule has 0 aliphatic carbocycles. The van der Waals surface area contributed by atoms with Gasteiger partial charge < -0.3 is 10.5 Å². The van der Waals surface area contributed by atoms with E-state index in [0.717, 1.165) is 29.5 Å². The average Bonchev–Trinajstić information content (AvgIpc) is 2.67. The molecule has 0 amide bonds. The van der Waals surface area contributed by atoms with Gasteiger partial charge in [-0.25, -0.2) is 0 Å². The Morgan fingerprint density at radius 2 is 2.07 bits per heavy atom. The smallest absolute Gasteiger partial charge is 0.0847 e. The molecule has 1 aliphatic rings. The van der Waals surface area contributed by atoms with Crippen LogP contribution in [0.4, 0.5) is 0 Å². The van der Waals surface area contributed by atoms with Crippen LogP contribution in [0.15, 0.2) is 28.7 Å². The lowest BCUT2D eigenvalue weighted by Crippen LogP contribution is -2.37. The van der Waals surface area contributed by atoms with Crippen molar-refractivity contribution in [3.63, 3.8) is 0 Å². The van der Waals surface area contributed by atoms with Gasteiger partial charge in [0.15, 0.2) is 0 Å². The largest absolute Gasteiger partial charge is 0.373 e. The molecule has 15 heavy (non-hydrogen) atoms. The summed E-state index contributed by atoms with van der Waals surface area (Å²) in [6.45, 7) is 2.94. The Bertz CT molecular complexity index is 330. The molecular formula is C12H16BrNO. The van der Waals surface area contributed by atoms with E-state index in [4.69, 9.17) is 10.5 Å². The second-order valence-corrected chi connectivity index (χ2v) is 5.21. The van der Waals surface area contributed by atoms with Crippen molar-refractivity contribution in [3.05, 3.63) is 34.3 Å². The van der Waals surface area contributed by atoms with Crippen molar-refractivity contribution in [2.75, 3.05) is 6.61 Å². The summed E-state index contributed by atoms with van der Waals surface area (Å²) in [7, 11) is 0. The molecule has 1 saturated heterocycles. The van der Waals surface area contributed by atoms with Gasteiger partial charge in [0, 0.05) is 11.1 Å². The number of rotatable bonds is 2. The molecule has 1 fully saturated rings. The van der Waals surface area contributed by atoms with Crippen molar-refractivity contribution >= 4 is 15.9 Å². The van der Waals surface area contributed by atoms with Crippen LogP contribution in [0.25, 0.3) is 0 Å². The highest BCUT2D eigenvalue weighted by Crippen LogP contribution is 2.35. The first kappa shape index (κ1) is 11.1. The minimum Gasteiger partial charge on any atom is -0.373 e. The van der Waals surface area contributed by atoms with Crippen molar-refractivity contribution in [2.45, 2.75) is 31.4 Å². The molecule has 0 spiro atoms. The highest BCUT2D eigenvalue weighted by atomic mass is 79.9. The topological polar surface area (TPSA) is 35.2 Å². The molecule has 3 heteroatoms. The first-order valence-corrected chi connectivity index (χ1v) is 6.06. The molecular weight excluding hydrogens is 254 g/mol. The quantitative estimate of drug-likeness (QED) is 0.896. The summed E-state index contributed by atoms with van der Waals surface area (Å²) in [5, 5.41) is 0. The van der Waals surface area contributed by atoms with Gasteiger partial charge in [0.05, 0.1) is 11.6 Å². The first-order valence-electron chi connectivity index (χ1n) is 5.27. The highest BCUT2D eigenvalue weighted by molar-refractivity contribution is 9.10. The number of nitrogens with two attached hydrogens (primary N) is 1. The molecule has 0 saturated carbocycles. The van der Waals surface area contributed by atoms with Crippen LogP contribution in [0, 0.1) is 0 Å². The first-order chi connectivity index (χ1) is 7.12. The summed E-state index contributed by atoms with van der Waals surface area (Å²) >= 11 is 3.42. The van der Waals surface area contributed by atoms with Crippen LogP contribution in [0.5, 0.6) is 0 Å². The van der Waals surface area contributed by atoms with Gasteiger partial charge >= 0.3 is 0 Å². The van der Waals surface area contributed by atoms with Crippen LogP contribution < -0.4 is 5.73 Å². The van der Waals surface area contributed by atoms with E-state index in [0.29, 0.717) is 0 Å². The second-order valence-electron chi connectivity index (χ2n) is 4.29. The molecule has 0 aromatic heterocycles. The fourth-order valence-electron chi connectivity index (χ4n) is 2.07. The Kier molecular flexibility index (Phi) is 3.14. The molecule has 2 nitrogen and oxygen atoms in total. The zero-order valence-electron chi connectivity index (χ0n) is 8.87. The van der Waals surface area contributed by atoms with Crippen LogP contribution in [-0.2, 0) is 4.74 Å². The zero-order chi connectivity index (χ0) is 10.9. The van der Waals surface area contributed by atoms with Gasteiger partial charge in [0.2, 0.25) is 0 Å². The minimum absolute atomic E-state index is 0.0342. The van der Waals surface area contributed by atoms with Crippen molar-refractivity contribution in [3.8, 4) is 0 Å². The predicted octanol–water partition coefficient (Wildman–Crippen LogP) is 3.02. The lowest BCUT2D eigenvalue weighted by atomic mass is 9.88. The van der Waals surface area contributed by atoms with Gasteiger partial charge in [0.25, 0.3) is 0 Å². The third-order valence-electron chi connectivity index (χ3n) is 3.14. The van der Waals surface area contributed by atoms with Gasteiger partial charge in [0.1, 0.15) is 0 Å².